The van der Waals surface area contributed by atoms with E-state index in [0.717, 1.165) is 11.3 Å². The predicted molar refractivity (Wildman–Crippen MR) is 67.5 cm³/mol. The second-order valence-corrected chi connectivity index (χ2v) is 4.02. The van der Waals surface area contributed by atoms with Crippen LogP contribution in [0.15, 0.2) is 18.3 Å². The Balaban J connectivity index is 2.25. The van der Waals surface area contributed by atoms with Gasteiger partial charge in [-0.05, 0) is 18.6 Å². The fourth-order valence-corrected chi connectivity index (χ4v) is 1.38. The topological polar surface area (TPSA) is 112 Å². The van der Waals surface area contributed by atoms with Crippen molar-refractivity contribution < 1.29 is 19.8 Å². The van der Waals surface area contributed by atoms with Crippen molar-refractivity contribution in [2.75, 3.05) is 6.54 Å². The minimum atomic E-state index is -1.46. The molecule has 0 bridgehead atoms. The number of rotatable bonds is 6. The van der Waals surface area contributed by atoms with Crippen molar-refractivity contribution in [3.8, 4) is 0 Å². The molecule has 0 aliphatic heterocycles. The molecule has 0 fully saturated rings. The van der Waals surface area contributed by atoms with Gasteiger partial charge in [0.05, 0.1) is 12.2 Å². The summed E-state index contributed by atoms with van der Waals surface area (Å²) in [7, 11) is 0. The molecule has 2 amide bonds. The third-order valence-corrected chi connectivity index (χ3v) is 2.52. The number of nitrogens with one attached hydrogen (secondary N) is 2. The van der Waals surface area contributed by atoms with Gasteiger partial charge in [-0.25, -0.2) is 9.59 Å². The lowest BCUT2D eigenvalue weighted by Gasteiger charge is -2.09. The molecule has 19 heavy (non-hydrogen) atoms. The molecule has 0 saturated heterocycles. The summed E-state index contributed by atoms with van der Waals surface area (Å²) in [5.74, 6) is -1.30. The lowest BCUT2D eigenvalue weighted by Crippen LogP contribution is -2.37. The second kappa shape index (κ2) is 7.32. The van der Waals surface area contributed by atoms with Crippen LogP contribution in [0.1, 0.15) is 17.7 Å². The number of hydrogen-bond donors (Lipinski definition) is 4. The van der Waals surface area contributed by atoms with Crippen LogP contribution in [0.25, 0.3) is 0 Å². The van der Waals surface area contributed by atoms with Crippen molar-refractivity contribution in [1.82, 2.24) is 15.6 Å². The number of aliphatic hydroxyl groups is 1. The molecule has 1 heterocycles. The van der Waals surface area contributed by atoms with E-state index in [1.165, 1.54) is 0 Å². The van der Waals surface area contributed by atoms with Crippen molar-refractivity contribution in [3.05, 3.63) is 29.6 Å². The number of carbonyl (C=O) groups is 2. The summed E-state index contributed by atoms with van der Waals surface area (Å²) in [6.45, 7) is 2.27. The molecule has 1 aromatic rings. The molecule has 1 rings (SSSR count). The minimum absolute atomic E-state index is 0.0363. The summed E-state index contributed by atoms with van der Waals surface area (Å²) >= 11 is 0. The third-order valence-electron chi connectivity index (χ3n) is 2.52. The first-order chi connectivity index (χ1) is 9.00. The van der Waals surface area contributed by atoms with E-state index in [2.05, 4.69) is 15.6 Å². The lowest BCUT2D eigenvalue weighted by molar-refractivity contribution is -0.146. The Hall–Kier alpha value is -2.15. The molecular formula is C12H17N3O4. The highest BCUT2D eigenvalue weighted by Gasteiger charge is 2.12. The van der Waals surface area contributed by atoms with Crippen LogP contribution < -0.4 is 10.6 Å². The van der Waals surface area contributed by atoms with E-state index in [9.17, 15) is 9.59 Å². The van der Waals surface area contributed by atoms with Gasteiger partial charge in [0.15, 0.2) is 6.10 Å². The maximum Gasteiger partial charge on any atom is 0.332 e. The van der Waals surface area contributed by atoms with Gasteiger partial charge in [-0.3, -0.25) is 4.98 Å². The molecule has 1 atom stereocenters. The van der Waals surface area contributed by atoms with Gasteiger partial charge in [-0.2, -0.15) is 0 Å². The van der Waals surface area contributed by atoms with Gasteiger partial charge in [-0.15, -0.1) is 0 Å². The molecule has 0 radical (unpaired) electrons. The van der Waals surface area contributed by atoms with Crippen LogP contribution in [0.4, 0.5) is 4.79 Å². The minimum Gasteiger partial charge on any atom is -0.479 e. The number of carboxylic acid groups (broad SMARTS) is 1. The largest absolute Gasteiger partial charge is 0.479 e. The van der Waals surface area contributed by atoms with Gasteiger partial charge in [0, 0.05) is 19.2 Å². The number of amides is 2. The van der Waals surface area contributed by atoms with E-state index < -0.39 is 18.1 Å². The van der Waals surface area contributed by atoms with Crippen LogP contribution in [0.5, 0.6) is 0 Å². The van der Waals surface area contributed by atoms with E-state index in [-0.39, 0.29) is 13.0 Å². The van der Waals surface area contributed by atoms with Gasteiger partial charge in [0.2, 0.25) is 0 Å². The average molecular weight is 267 g/mol. The van der Waals surface area contributed by atoms with E-state index >= 15 is 0 Å². The first kappa shape index (κ1) is 14.9. The van der Waals surface area contributed by atoms with Crippen molar-refractivity contribution in [3.63, 3.8) is 0 Å². The Morgan fingerprint density at radius 2 is 2.16 bits per heavy atom. The van der Waals surface area contributed by atoms with Gasteiger partial charge >= 0.3 is 12.0 Å². The zero-order valence-corrected chi connectivity index (χ0v) is 10.6. The molecule has 4 N–H and O–H groups in total. The molecule has 7 heteroatoms. The van der Waals surface area contributed by atoms with Crippen LogP contribution in [0, 0.1) is 6.92 Å². The maximum atomic E-state index is 11.4. The second-order valence-electron chi connectivity index (χ2n) is 4.02. The molecule has 0 aliphatic rings. The normalized spacial score (nSPS) is 11.7. The summed E-state index contributed by atoms with van der Waals surface area (Å²) in [6.07, 6.45) is 0.148. The molecule has 0 aromatic carbocycles. The molecule has 0 aliphatic carbocycles. The zero-order chi connectivity index (χ0) is 14.3. The molecule has 0 spiro atoms. The number of aliphatic hydroxyl groups excluding tert-OH is 1. The summed E-state index contributed by atoms with van der Waals surface area (Å²) in [4.78, 5) is 25.9. The molecule has 0 saturated carbocycles. The number of pyridine rings is 1. The Bertz CT molecular complexity index is 450. The Labute approximate surface area is 110 Å². The van der Waals surface area contributed by atoms with E-state index in [1.807, 2.05) is 19.1 Å². The summed E-state index contributed by atoms with van der Waals surface area (Å²) in [5.41, 5.74) is 1.74. The Kier molecular flexibility index (Phi) is 5.74. The summed E-state index contributed by atoms with van der Waals surface area (Å²) in [6, 6.07) is 3.28. The number of aryl methyl sites for hydroxylation is 1. The molecule has 1 aromatic heterocycles. The fourth-order valence-electron chi connectivity index (χ4n) is 1.38. The van der Waals surface area contributed by atoms with E-state index in [4.69, 9.17) is 10.2 Å². The summed E-state index contributed by atoms with van der Waals surface area (Å²) in [5, 5.41) is 22.5. The van der Waals surface area contributed by atoms with Crippen LogP contribution in [-0.4, -0.2) is 39.8 Å². The highest BCUT2D eigenvalue weighted by atomic mass is 16.4. The zero-order valence-electron chi connectivity index (χ0n) is 10.6. The van der Waals surface area contributed by atoms with Gasteiger partial charge < -0.3 is 20.8 Å². The fraction of sp³-hybridized carbons (Fsp3) is 0.417. The molecular weight excluding hydrogens is 250 g/mol. The van der Waals surface area contributed by atoms with Crippen LogP contribution >= 0.6 is 0 Å². The standard InChI is InChI=1S/C12H17N3O4/c1-8-3-2-5-13-9(8)7-15-12(19)14-6-4-10(16)11(17)18/h2-3,5,10,16H,4,6-7H2,1H3,(H,17,18)(H2,14,15,19). The SMILES string of the molecule is Cc1cccnc1CNC(=O)NCCC(O)C(=O)O. The number of carboxylic acids is 1. The molecule has 1 unspecified atom stereocenters. The van der Waals surface area contributed by atoms with Gasteiger partial charge in [-0.1, -0.05) is 6.07 Å². The van der Waals surface area contributed by atoms with Crippen molar-refractivity contribution >= 4 is 12.0 Å². The summed E-state index contributed by atoms with van der Waals surface area (Å²) < 4.78 is 0. The number of nitrogens with zero attached hydrogens (tertiary/aromatic N) is 1. The quantitative estimate of drug-likeness (QED) is 0.581. The third kappa shape index (κ3) is 5.35. The predicted octanol–water partition coefficient (Wildman–Crippen LogP) is 0.0248. The van der Waals surface area contributed by atoms with Gasteiger partial charge in [0.1, 0.15) is 0 Å². The number of aromatic nitrogens is 1. The number of urea groups is 1. The number of aliphatic carboxylic acids is 1. The van der Waals surface area contributed by atoms with E-state index in [1.54, 1.807) is 6.20 Å². The monoisotopic (exact) mass is 267 g/mol. The maximum absolute atomic E-state index is 11.4. The highest BCUT2D eigenvalue weighted by molar-refractivity contribution is 5.74. The van der Waals surface area contributed by atoms with Gasteiger partial charge in [0.25, 0.3) is 0 Å². The van der Waals surface area contributed by atoms with Crippen molar-refractivity contribution in [2.24, 2.45) is 0 Å². The smallest absolute Gasteiger partial charge is 0.332 e. The number of hydrogen-bond acceptors (Lipinski definition) is 4. The highest BCUT2D eigenvalue weighted by Crippen LogP contribution is 2.01. The molecule has 104 valence electrons. The van der Waals surface area contributed by atoms with Crippen molar-refractivity contribution in [2.45, 2.75) is 26.0 Å². The Morgan fingerprint density at radius 3 is 2.79 bits per heavy atom. The lowest BCUT2D eigenvalue weighted by atomic mass is 10.2. The van der Waals surface area contributed by atoms with Crippen molar-refractivity contribution in [1.29, 1.82) is 0 Å². The first-order valence-corrected chi connectivity index (χ1v) is 5.83. The van der Waals surface area contributed by atoms with Crippen LogP contribution in [0.2, 0.25) is 0 Å². The first-order valence-electron chi connectivity index (χ1n) is 5.83. The molecule has 7 nitrogen and oxygen atoms in total. The Morgan fingerprint density at radius 1 is 1.42 bits per heavy atom. The van der Waals surface area contributed by atoms with Crippen LogP contribution in [-0.2, 0) is 11.3 Å². The average Bonchev–Trinajstić information content (AvgIpc) is 2.37. The van der Waals surface area contributed by atoms with Crippen LogP contribution in [0.3, 0.4) is 0 Å². The van der Waals surface area contributed by atoms with E-state index in [0.29, 0.717) is 6.54 Å². The number of carbonyl (C=O) groups excluding carboxylic acids is 1.